The molecule has 0 atom stereocenters. The summed E-state index contributed by atoms with van der Waals surface area (Å²) < 4.78 is 7.05. The van der Waals surface area contributed by atoms with Crippen LogP contribution in [-0.4, -0.2) is 17.1 Å². The van der Waals surface area contributed by atoms with E-state index in [1.807, 2.05) is 31.2 Å². The number of aryl methyl sites for hydroxylation is 1. The van der Waals surface area contributed by atoms with E-state index in [0.717, 1.165) is 26.1 Å². The summed E-state index contributed by atoms with van der Waals surface area (Å²) in [6, 6.07) is 7.63. The molecule has 2 rings (SSSR count). The van der Waals surface area contributed by atoms with Crippen molar-refractivity contribution in [2.75, 3.05) is 7.11 Å². The molecule has 3 nitrogen and oxygen atoms in total. The first-order valence-electron chi connectivity index (χ1n) is 4.95. The third kappa shape index (κ3) is 2.84. The predicted octanol–water partition coefficient (Wildman–Crippen LogP) is 3.99. The van der Waals surface area contributed by atoms with Gasteiger partial charge in [0.25, 0.3) is 0 Å². The smallest absolute Gasteiger partial charge is 0.164 e. The van der Waals surface area contributed by atoms with Gasteiger partial charge >= 0.3 is 0 Å². The molecule has 1 aromatic heterocycles. The minimum atomic E-state index is 0.648. The minimum Gasteiger partial charge on any atom is -0.496 e. The lowest BCUT2D eigenvalue weighted by Crippen LogP contribution is -1.95. The number of nitrogens with zero attached hydrogens (tertiary/aromatic N) is 2. The topological polar surface area (TPSA) is 35.0 Å². The Balaban J connectivity index is 2.62. The van der Waals surface area contributed by atoms with Crippen LogP contribution < -0.4 is 4.74 Å². The molecule has 0 amide bonds. The Bertz CT molecular complexity index is 538. The van der Waals surface area contributed by atoms with Gasteiger partial charge in [-0.05, 0) is 47.1 Å². The summed E-state index contributed by atoms with van der Waals surface area (Å²) in [5, 5.41) is 0. The van der Waals surface area contributed by atoms with Crippen LogP contribution in [0.2, 0.25) is 0 Å². The van der Waals surface area contributed by atoms with Gasteiger partial charge in [0, 0.05) is 10.2 Å². The number of rotatable bonds is 2. The van der Waals surface area contributed by atoms with Gasteiger partial charge in [-0.2, -0.15) is 0 Å². The zero-order valence-electron chi connectivity index (χ0n) is 9.37. The van der Waals surface area contributed by atoms with Gasteiger partial charge in [-0.15, -0.1) is 0 Å². The van der Waals surface area contributed by atoms with E-state index in [1.54, 1.807) is 7.11 Å². The molecule has 0 aliphatic carbocycles. The van der Waals surface area contributed by atoms with Gasteiger partial charge in [0.05, 0.1) is 12.7 Å². The Kier molecular flexibility index (Phi) is 3.79. The molecule has 0 saturated carbocycles. The molecular formula is C12H10Br2N2O. The molecule has 1 aromatic carbocycles. The van der Waals surface area contributed by atoms with Crippen LogP contribution in [0.3, 0.4) is 0 Å². The fourth-order valence-corrected chi connectivity index (χ4v) is 2.37. The molecule has 5 heteroatoms. The van der Waals surface area contributed by atoms with Gasteiger partial charge in [-0.1, -0.05) is 15.9 Å². The molecule has 0 saturated heterocycles. The normalized spacial score (nSPS) is 10.4. The van der Waals surface area contributed by atoms with E-state index in [-0.39, 0.29) is 0 Å². The summed E-state index contributed by atoms with van der Waals surface area (Å²) in [7, 11) is 1.64. The highest BCUT2D eigenvalue weighted by Crippen LogP contribution is 2.31. The molecule has 17 heavy (non-hydrogen) atoms. The summed E-state index contributed by atoms with van der Waals surface area (Å²) in [5.74, 6) is 1.40. The zero-order valence-corrected chi connectivity index (χ0v) is 12.5. The first-order valence-corrected chi connectivity index (χ1v) is 6.54. The van der Waals surface area contributed by atoms with E-state index < -0.39 is 0 Å². The second-order valence-electron chi connectivity index (χ2n) is 3.50. The quantitative estimate of drug-likeness (QED) is 0.762. The van der Waals surface area contributed by atoms with Crippen molar-refractivity contribution in [2.24, 2.45) is 0 Å². The number of benzene rings is 1. The fourth-order valence-electron chi connectivity index (χ4n) is 1.51. The monoisotopic (exact) mass is 356 g/mol. The molecule has 0 bridgehead atoms. The molecule has 0 radical (unpaired) electrons. The van der Waals surface area contributed by atoms with E-state index in [1.165, 1.54) is 0 Å². The van der Waals surface area contributed by atoms with E-state index >= 15 is 0 Å². The molecule has 0 unspecified atom stereocenters. The van der Waals surface area contributed by atoms with Crippen LogP contribution in [-0.2, 0) is 0 Å². The highest BCUT2D eigenvalue weighted by molar-refractivity contribution is 9.10. The lowest BCUT2D eigenvalue weighted by Gasteiger charge is -2.08. The standard InChI is InChI=1S/C12H10Br2N2O/c1-7-5-11(14)16-12(15-7)9-6-8(13)3-4-10(9)17-2/h3-6H,1-2H3. The van der Waals surface area contributed by atoms with Crippen molar-refractivity contribution in [2.45, 2.75) is 6.92 Å². The number of halogens is 2. The Morgan fingerprint density at radius 1 is 1.12 bits per heavy atom. The maximum atomic E-state index is 5.32. The van der Waals surface area contributed by atoms with Gasteiger partial charge < -0.3 is 4.74 Å². The van der Waals surface area contributed by atoms with Crippen LogP contribution in [0.15, 0.2) is 33.3 Å². The van der Waals surface area contributed by atoms with Gasteiger partial charge in [0.2, 0.25) is 0 Å². The largest absolute Gasteiger partial charge is 0.496 e. The van der Waals surface area contributed by atoms with Crippen molar-refractivity contribution in [3.8, 4) is 17.1 Å². The van der Waals surface area contributed by atoms with Crippen molar-refractivity contribution < 1.29 is 4.74 Å². The Morgan fingerprint density at radius 2 is 1.88 bits per heavy atom. The van der Waals surface area contributed by atoms with E-state index in [0.29, 0.717) is 5.82 Å². The Labute approximate surface area is 117 Å². The maximum absolute atomic E-state index is 5.32. The number of hydrogen-bond donors (Lipinski definition) is 0. The SMILES string of the molecule is COc1ccc(Br)cc1-c1nc(C)cc(Br)n1. The molecule has 0 aliphatic heterocycles. The number of methoxy groups -OCH3 is 1. The average molecular weight is 358 g/mol. The summed E-state index contributed by atoms with van der Waals surface area (Å²) in [5.41, 5.74) is 1.77. The van der Waals surface area contributed by atoms with Gasteiger partial charge in [0.1, 0.15) is 10.4 Å². The van der Waals surface area contributed by atoms with Crippen molar-refractivity contribution >= 4 is 31.9 Å². The highest BCUT2D eigenvalue weighted by atomic mass is 79.9. The maximum Gasteiger partial charge on any atom is 0.164 e. The molecule has 2 aromatic rings. The number of aromatic nitrogens is 2. The third-order valence-corrected chi connectivity index (χ3v) is 3.12. The number of hydrogen-bond acceptors (Lipinski definition) is 3. The van der Waals surface area contributed by atoms with Crippen molar-refractivity contribution in [1.29, 1.82) is 0 Å². The molecule has 88 valence electrons. The van der Waals surface area contributed by atoms with Crippen LogP contribution in [0, 0.1) is 6.92 Å². The molecule has 0 N–H and O–H groups in total. The first-order chi connectivity index (χ1) is 8.10. The first kappa shape index (κ1) is 12.5. The van der Waals surface area contributed by atoms with E-state index in [9.17, 15) is 0 Å². The molecule has 0 spiro atoms. The van der Waals surface area contributed by atoms with Crippen LogP contribution >= 0.6 is 31.9 Å². The Hall–Kier alpha value is -0.940. The van der Waals surface area contributed by atoms with Gasteiger partial charge in [0.15, 0.2) is 5.82 Å². The van der Waals surface area contributed by atoms with Crippen molar-refractivity contribution in [3.63, 3.8) is 0 Å². The van der Waals surface area contributed by atoms with Crippen LogP contribution in [0.1, 0.15) is 5.69 Å². The molecular weight excluding hydrogens is 348 g/mol. The second-order valence-corrected chi connectivity index (χ2v) is 5.23. The van der Waals surface area contributed by atoms with Crippen LogP contribution in [0.25, 0.3) is 11.4 Å². The predicted molar refractivity (Wildman–Crippen MR) is 74.2 cm³/mol. The van der Waals surface area contributed by atoms with Crippen LogP contribution in [0.5, 0.6) is 5.75 Å². The fraction of sp³-hybridized carbons (Fsp3) is 0.167. The Morgan fingerprint density at radius 3 is 2.53 bits per heavy atom. The summed E-state index contributed by atoms with van der Waals surface area (Å²) in [6.07, 6.45) is 0. The molecule has 0 aliphatic rings. The van der Waals surface area contributed by atoms with E-state index in [2.05, 4.69) is 41.8 Å². The summed E-state index contributed by atoms with van der Waals surface area (Å²) in [4.78, 5) is 8.77. The van der Waals surface area contributed by atoms with Crippen molar-refractivity contribution in [1.82, 2.24) is 9.97 Å². The second kappa shape index (κ2) is 5.14. The lowest BCUT2D eigenvalue weighted by molar-refractivity contribution is 0.416. The van der Waals surface area contributed by atoms with E-state index in [4.69, 9.17) is 4.74 Å². The van der Waals surface area contributed by atoms with Crippen molar-refractivity contribution in [3.05, 3.63) is 39.0 Å². The van der Waals surface area contributed by atoms with Gasteiger partial charge in [-0.3, -0.25) is 0 Å². The average Bonchev–Trinajstić information content (AvgIpc) is 2.27. The highest BCUT2D eigenvalue weighted by Gasteiger charge is 2.10. The van der Waals surface area contributed by atoms with Crippen LogP contribution in [0.4, 0.5) is 0 Å². The molecule has 1 heterocycles. The summed E-state index contributed by atoms with van der Waals surface area (Å²) >= 11 is 6.81. The van der Waals surface area contributed by atoms with Gasteiger partial charge in [-0.25, -0.2) is 9.97 Å². The lowest BCUT2D eigenvalue weighted by atomic mass is 10.2. The number of ether oxygens (including phenoxy) is 1. The summed E-state index contributed by atoms with van der Waals surface area (Å²) in [6.45, 7) is 1.93. The zero-order chi connectivity index (χ0) is 12.4. The third-order valence-electron chi connectivity index (χ3n) is 2.23. The molecule has 0 fully saturated rings. The minimum absolute atomic E-state index is 0.648.